The van der Waals surface area contributed by atoms with Crippen molar-refractivity contribution in [3.05, 3.63) is 23.5 Å². The van der Waals surface area contributed by atoms with E-state index in [2.05, 4.69) is 4.98 Å². The summed E-state index contributed by atoms with van der Waals surface area (Å²) in [7, 11) is 6.50. The second kappa shape index (κ2) is 3.30. The highest BCUT2D eigenvalue weighted by Crippen LogP contribution is 2.27. The van der Waals surface area contributed by atoms with Crippen LogP contribution in [0.5, 0.6) is 0 Å². The number of hydrogen-bond donors (Lipinski definition) is 0. The molecule has 0 atom stereocenters. The molecule has 1 nitrogen and oxygen atoms in total. The molecule has 0 amide bonds. The molecule has 0 aromatic carbocycles. The van der Waals surface area contributed by atoms with Gasteiger partial charge in [-0.1, -0.05) is 11.6 Å². The van der Waals surface area contributed by atoms with Crippen molar-refractivity contribution in [2.75, 3.05) is 0 Å². The maximum Gasteiger partial charge on any atom is 0.0603 e. The first-order valence-electron chi connectivity index (χ1n) is 2.22. The Labute approximate surface area is 66.9 Å². The molecule has 1 aromatic heterocycles. The van der Waals surface area contributed by atoms with Crippen molar-refractivity contribution in [1.82, 2.24) is 4.98 Å². The molecule has 0 aliphatic heterocycles. The Kier molecular flexibility index (Phi) is 2.64. The van der Waals surface area contributed by atoms with Gasteiger partial charge in [0, 0.05) is 12.4 Å². The molecule has 0 radical (unpaired) electrons. The fourth-order valence-corrected chi connectivity index (χ4v) is 1.37. The third kappa shape index (κ3) is 1.75. The summed E-state index contributed by atoms with van der Waals surface area (Å²) in [4.78, 5) is 4.62. The summed E-state index contributed by atoms with van der Waals surface area (Å²) in [6, 6.07) is 1.70. The van der Waals surface area contributed by atoms with Crippen LogP contribution in [0.15, 0.2) is 23.4 Å². The van der Waals surface area contributed by atoms with Gasteiger partial charge in [0.1, 0.15) is 0 Å². The van der Waals surface area contributed by atoms with Crippen molar-refractivity contribution in [1.29, 1.82) is 0 Å². The van der Waals surface area contributed by atoms with E-state index in [0.29, 0.717) is 5.02 Å². The van der Waals surface area contributed by atoms with Crippen LogP contribution in [0.25, 0.3) is 0 Å². The van der Waals surface area contributed by atoms with Crippen molar-refractivity contribution in [2.45, 2.75) is 4.90 Å². The normalized spacial score (nSPS) is 9.56. The van der Waals surface area contributed by atoms with Gasteiger partial charge in [0.25, 0.3) is 0 Å². The molecule has 0 saturated carbocycles. The third-order valence-corrected chi connectivity index (χ3v) is 2.25. The maximum atomic E-state index is 5.68. The molecule has 0 aliphatic rings. The average molecular weight is 180 g/mol. The Bertz CT molecular complexity index is 204. The number of aromatic nitrogens is 1. The maximum absolute atomic E-state index is 5.68. The zero-order chi connectivity index (χ0) is 6.69. The van der Waals surface area contributed by atoms with Crippen LogP contribution in [-0.2, 0) is 0 Å². The van der Waals surface area contributed by atoms with Crippen LogP contribution in [0.4, 0.5) is 0 Å². The molecule has 0 N–H and O–H groups in total. The highest BCUT2D eigenvalue weighted by Gasteiger charge is 1.95. The summed E-state index contributed by atoms with van der Waals surface area (Å²) in [5, 5.41) is 0.644. The lowest BCUT2D eigenvalue weighted by molar-refractivity contribution is 1.24. The Morgan fingerprint density at radius 2 is 2.33 bits per heavy atom. The second-order valence-corrected chi connectivity index (χ2v) is 2.85. The van der Waals surface area contributed by atoms with Gasteiger partial charge in [-0.2, -0.15) is 0 Å². The van der Waals surface area contributed by atoms with E-state index in [9.17, 15) is 0 Å². The highest BCUT2D eigenvalue weighted by molar-refractivity contribution is 8.21. The van der Waals surface area contributed by atoms with Gasteiger partial charge in [-0.05, 0) is 27.7 Å². The average Bonchev–Trinajstić information content (AvgIpc) is 1.89. The number of hydrogen-bond acceptors (Lipinski definition) is 2. The van der Waals surface area contributed by atoms with Crippen LogP contribution in [-0.4, -0.2) is 4.98 Å². The van der Waals surface area contributed by atoms with Crippen LogP contribution in [0.2, 0.25) is 5.02 Å². The Balaban J connectivity index is 3.01. The number of nitrogens with zero attached hydrogens (tertiary/aromatic N) is 1. The van der Waals surface area contributed by atoms with Gasteiger partial charge >= 0.3 is 0 Å². The minimum Gasteiger partial charge on any atom is -0.263 e. The first kappa shape index (κ1) is 7.19. The molecule has 0 aliphatic carbocycles. The number of rotatable bonds is 1. The van der Waals surface area contributed by atoms with Crippen molar-refractivity contribution in [3.63, 3.8) is 0 Å². The van der Waals surface area contributed by atoms with E-state index >= 15 is 0 Å². The molecule has 4 heteroatoms. The van der Waals surface area contributed by atoms with E-state index in [-0.39, 0.29) is 0 Å². The van der Waals surface area contributed by atoms with Gasteiger partial charge in [-0.15, -0.1) is 0 Å². The summed E-state index contributed by atoms with van der Waals surface area (Å²) in [6.07, 6.45) is 3.25. The minimum atomic E-state index is 0.644. The van der Waals surface area contributed by atoms with Gasteiger partial charge in [0.05, 0.1) is 9.92 Å². The lowest BCUT2D eigenvalue weighted by atomic mass is 10.5. The van der Waals surface area contributed by atoms with Crippen molar-refractivity contribution in [3.8, 4) is 0 Å². The second-order valence-electron chi connectivity index (χ2n) is 1.38. The number of pyridine rings is 1. The molecular formula is C5H3Cl2NS. The van der Waals surface area contributed by atoms with E-state index in [1.165, 1.54) is 0 Å². The van der Waals surface area contributed by atoms with Crippen LogP contribution in [0.1, 0.15) is 0 Å². The molecule has 1 heterocycles. The lowest BCUT2D eigenvalue weighted by Gasteiger charge is -1.92. The first-order valence-corrected chi connectivity index (χ1v) is 4.25. The van der Waals surface area contributed by atoms with Crippen molar-refractivity contribution >= 4 is 33.3 Å². The fourth-order valence-electron chi connectivity index (χ4n) is 0.420. The van der Waals surface area contributed by atoms with Crippen molar-refractivity contribution < 1.29 is 0 Å². The third-order valence-electron chi connectivity index (χ3n) is 0.817. The summed E-state index contributed by atoms with van der Waals surface area (Å²) in [5.74, 6) is 0. The molecule has 1 rings (SSSR count). The van der Waals surface area contributed by atoms with Crippen LogP contribution >= 0.6 is 33.3 Å². The van der Waals surface area contributed by atoms with Crippen molar-refractivity contribution in [2.24, 2.45) is 0 Å². The largest absolute Gasteiger partial charge is 0.263 e. The van der Waals surface area contributed by atoms with Crippen LogP contribution in [0, 0.1) is 0 Å². The molecule has 0 fully saturated rings. The van der Waals surface area contributed by atoms with Gasteiger partial charge in [-0.25, -0.2) is 0 Å². The molecule has 48 valence electrons. The predicted octanol–water partition coefficient (Wildman–Crippen LogP) is 2.98. The Morgan fingerprint density at radius 3 is 2.78 bits per heavy atom. The summed E-state index contributed by atoms with van der Waals surface area (Å²) in [5.41, 5.74) is 0. The van der Waals surface area contributed by atoms with Gasteiger partial charge in [-0.3, -0.25) is 4.98 Å². The fraction of sp³-hybridized carbons (Fsp3) is 0. The Hall–Kier alpha value is 0.0800. The standard InChI is InChI=1S/C5H3Cl2NS/c6-4-1-2-8-3-5(4)9-7/h1-3H. The molecule has 0 spiro atoms. The van der Waals surface area contributed by atoms with Gasteiger partial charge in [0.2, 0.25) is 0 Å². The zero-order valence-electron chi connectivity index (χ0n) is 4.34. The lowest BCUT2D eigenvalue weighted by Crippen LogP contribution is -1.72. The van der Waals surface area contributed by atoms with E-state index in [1.807, 2.05) is 0 Å². The smallest absolute Gasteiger partial charge is 0.0603 e. The summed E-state index contributed by atoms with van der Waals surface area (Å²) >= 11 is 5.68. The molecular weight excluding hydrogens is 177 g/mol. The molecule has 0 saturated heterocycles. The topological polar surface area (TPSA) is 12.9 Å². The molecule has 9 heavy (non-hydrogen) atoms. The zero-order valence-corrected chi connectivity index (χ0v) is 6.67. The highest BCUT2D eigenvalue weighted by atomic mass is 35.7. The van der Waals surface area contributed by atoms with Gasteiger partial charge < -0.3 is 0 Å². The monoisotopic (exact) mass is 179 g/mol. The molecule has 1 aromatic rings. The van der Waals surface area contributed by atoms with Crippen LogP contribution in [0.3, 0.4) is 0 Å². The van der Waals surface area contributed by atoms with Gasteiger partial charge in [0.15, 0.2) is 0 Å². The number of halogens is 2. The van der Waals surface area contributed by atoms with E-state index in [4.69, 9.17) is 22.3 Å². The first-order chi connectivity index (χ1) is 4.34. The minimum absolute atomic E-state index is 0.644. The quantitative estimate of drug-likeness (QED) is 0.658. The SMILES string of the molecule is ClSc1cnccc1Cl. The Morgan fingerprint density at radius 1 is 1.56 bits per heavy atom. The summed E-state index contributed by atoms with van der Waals surface area (Å²) in [6.45, 7) is 0. The predicted molar refractivity (Wildman–Crippen MR) is 41.0 cm³/mol. The van der Waals surface area contributed by atoms with E-state index < -0.39 is 0 Å². The summed E-state index contributed by atoms with van der Waals surface area (Å²) < 4.78 is 0. The van der Waals surface area contributed by atoms with E-state index in [0.717, 1.165) is 15.9 Å². The molecule has 0 unspecified atom stereocenters. The molecule has 0 bridgehead atoms. The van der Waals surface area contributed by atoms with Crippen LogP contribution < -0.4 is 0 Å². The van der Waals surface area contributed by atoms with E-state index in [1.54, 1.807) is 18.5 Å².